The number of hydrogen-bond donors (Lipinski definition) is 1. The first-order valence-corrected chi connectivity index (χ1v) is 6.00. The summed E-state index contributed by atoms with van der Waals surface area (Å²) in [5.41, 5.74) is 0.548. The average molecular weight is 271 g/mol. The van der Waals surface area contributed by atoms with E-state index in [2.05, 4.69) is 0 Å². The predicted molar refractivity (Wildman–Crippen MR) is 73.3 cm³/mol. The summed E-state index contributed by atoms with van der Waals surface area (Å²) in [6, 6.07) is 10.5. The Morgan fingerprint density at radius 1 is 1.10 bits per heavy atom. The highest BCUT2D eigenvalue weighted by atomic mass is 19.1. The van der Waals surface area contributed by atoms with Gasteiger partial charge in [-0.3, -0.25) is 9.59 Å². The smallest absolute Gasteiger partial charge is 0.323 e. The molecule has 1 N–H and O–H groups in total. The molecule has 100 valence electrons. The van der Waals surface area contributed by atoms with Gasteiger partial charge in [-0.05, 0) is 30.3 Å². The third kappa shape index (κ3) is 1.84. The van der Waals surface area contributed by atoms with Crippen molar-refractivity contribution in [2.75, 3.05) is 0 Å². The molecule has 3 rings (SSSR count). The Kier molecular flexibility index (Phi) is 2.75. The lowest BCUT2D eigenvalue weighted by atomic mass is 10.1. The molecular weight excluding hydrogens is 261 g/mol. The third-order valence-corrected chi connectivity index (χ3v) is 3.23. The first-order valence-electron chi connectivity index (χ1n) is 6.00. The number of aliphatic carboxylic acids is 1. The van der Waals surface area contributed by atoms with Crippen molar-refractivity contribution in [1.82, 2.24) is 4.57 Å². The normalized spacial score (nSPS) is 11.1. The van der Waals surface area contributed by atoms with Crippen LogP contribution in [-0.4, -0.2) is 15.6 Å². The number of para-hydroxylation sites is 1. The number of carboxylic acids is 1. The van der Waals surface area contributed by atoms with Crippen molar-refractivity contribution in [3.63, 3.8) is 0 Å². The monoisotopic (exact) mass is 271 g/mol. The summed E-state index contributed by atoms with van der Waals surface area (Å²) in [5.74, 6) is -1.56. The second-order valence-electron chi connectivity index (χ2n) is 4.49. The van der Waals surface area contributed by atoms with Gasteiger partial charge in [-0.15, -0.1) is 0 Å². The van der Waals surface area contributed by atoms with E-state index in [0.717, 1.165) is 0 Å². The maximum Gasteiger partial charge on any atom is 0.323 e. The molecule has 4 nitrogen and oxygen atoms in total. The van der Waals surface area contributed by atoms with Crippen LogP contribution in [0.2, 0.25) is 0 Å². The number of carboxylic acid groups (broad SMARTS) is 1. The van der Waals surface area contributed by atoms with Crippen LogP contribution in [0, 0.1) is 5.82 Å². The number of fused-ring (bicyclic) bond motifs is 2. The van der Waals surface area contributed by atoms with Gasteiger partial charge in [0.1, 0.15) is 12.4 Å². The van der Waals surface area contributed by atoms with Crippen LogP contribution in [0.3, 0.4) is 0 Å². The molecule has 20 heavy (non-hydrogen) atoms. The number of nitrogens with zero attached hydrogens (tertiary/aromatic N) is 1. The van der Waals surface area contributed by atoms with Crippen LogP contribution in [0.1, 0.15) is 0 Å². The predicted octanol–water partition coefficient (Wildman–Crippen LogP) is 2.38. The van der Waals surface area contributed by atoms with Gasteiger partial charge < -0.3 is 9.67 Å². The highest BCUT2D eigenvalue weighted by Gasteiger charge is 2.12. The highest BCUT2D eigenvalue weighted by molar-refractivity contribution is 5.94. The lowest BCUT2D eigenvalue weighted by Crippen LogP contribution is -2.16. The Hall–Kier alpha value is -2.69. The molecule has 2 aromatic carbocycles. The van der Waals surface area contributed by atoms with Gasteiger partial charge in [-0.1, -0.05) is 12.1 Å². The van der Waals surface area contributed by atoms with Gasteiger partial charge >= 0.3 is 5.97 Å². The Morgan fingerprint density at radius 2 is 1.80 bits per heavy atom. The van der Waals surface area contributed by atoms with Crippen molar-refractivity contribution in [3.8, 4) is 0 Å². The summed E-state index contributed by atoms with van der Waals surface area (Å²) in [5, 5.41) is 9.77. The molecule has 0 saturated carbocycles. The lowest BCUT2D eigenvalue weighted by molar-refractivity contribution is -0.137. The van der Waals surface area contributed by atoms with Crippen molar-refractivity contribution in [3.05, 3.63) is 58.5 Å². The van der Waals surface area contributed by atoms with E-state index in [1.54, 1.807) is 24.3 Å². The number of pyridine rings is 1. The maximum atomic E-state index is 13.4. The van der Waals surface area contributed by atoms with E-state index < -0.39 is 11.8 Å². The van der Waals surface area contributed by atoms with Gasteiger partial charge in [0.2, 0.25) is 0 Å². The number of benzene rings is 2. The first kappa shape index (κ1) is 12.3. The zero-order valence-corrected chi connectivity index (χ0v) is 10.3. The van der Waals surface area contributed by atoms with E-state index in [1.165, 1.54) is 22.8 Å². The van der Waals surface area contributed by atoms with Gasteiger partial charge in [0.15, 0.2) is 5.43 Å². The van der Waals surface area contributed by atoms with Gasteiger partial charge in [0.05, 0.1) is 11.0 Å². The first-order chi connectivity index (χ1) is 9.58. The second kappa shape index (κ2) is 4.45. The van der Waals surface area contributed by atoms with Crippen molar-refractivity contribution in [1.29, 1.82) is 0 Å². The topological polar surface area (TPSA) is 59.3 Å². The zero-order valence-electron chi connectivity index (χ0n) is 10.3. The van der Waals surface area contributed by atoms with Crippen LogP contribution in [0.5, 0.6) is 0 Å². The van der Waals surface area contributed by atoms with Crippen LogP contribution in [-0.2, 0) is 11.3 Å². The Balaban J connectivity index is 2.57. The van der Waals surface area contributed by atoms with Crippen molar-refractivity contribution < 1.29 is 14.3 Å². The van der Waals surface area contributed by atoms with Crippen molar-refractivity contribution >= 4 is 27.8 Å². The van der Waals surface area contributed by atoms with Crippen LogP contribution < -0.4 is 5.43 Å². The van der Waals surface area contributed by atoms with E-state index in [4.69, 9.17) is 5.11 Å². The Labute approximate surface area is 112 Å². The maximum absolute atomic E-state index is 13.4. The second-order valence-corrected chi connectivity index (χ2v) is 4.49. The summed E-state index contributed by atoms with van der Waals surface area (Å²) in [4.78, 5) is 23.4. The van der Waals surface area contributed by atoms with Gasteiger partial charge in [-0.25, -0.2) is 4.39 Å². The molecule has 0 unspecified atom stereocenters. The van der Waals surface area contributed by atoms with Crippen LogP contribution in [0.4, 0.5) is 4.39 Å². The average Bonchev–Trinajstić information content (AvgIpc) is 2.43. The van der Waals surface area contributed by atoms with E-state index in [1.807, 2.05) is 0 Å². The largest absolute Gasteiger partial charge is 0.480 e. The van der Waals surface area contributed by atoms with Crippen LogP contribution in [0.25, 0.3) is 21.8 Å². The summed E-state index contributed by atoms with van der Waals surface area (Å²) in [7, 11) is 0. The summed E-state index contributed by atoms with van der Waals surface area (Å²) in [6.45, 7) is -0.333. The molecule has 0 amide bonds. The fourth-order valence-corrected chi connectivity index (χ4v) is 2.40. The molecule has 0 aliphatic rings. The zero-order chi connectivity index (χ0) is 14.3. The summed E-state index contributed by atoms with van der Waals surface area (Å²) >= 11 is 0. The minimum Gasteiger partial charge on any atom is -0.480 e. The molecule has 0 aliphatic carbocycles. The quantitative estimate of drug-likeness (QED) is 0.728. The molecule has 0 radical (unpaired) electrons. The molecule has 0 aliphatic heterocycles. The molecular formula is C15H10FNO3. The molecule has 0 bridgehead atoms. The number of rotatable bonds is 2. The van der Waals surface area contributed by atoms with Crippen LogP contribution >= 0.6 is 0 Å². The van der Waals surface area contributed by atoms with E-state index in [0.29, 0.717) is 16.3 Å². The van der Waals surface area contributed by atoms with Gasteiger partial charge in [-0.2, -0.15) is 0 Å². The Morgan fingerprint density at radius 3 is 2.55 bits per heavy atom. The molecule has 3 aromatic rings. The fraction of sp³-hybridized carbons (Fsp3) is 0.0667. The molecule has 0 atom stereocenters. The number of halogens is 1. The highest BCUT2D eigenvalue weighted by Crippen LogP contribution is 2.20. The molecule has 1 heterocycles. The molecule has 0 fully saturated rings. The van der Waals surface area contributed by atoms with E-state index in [9.17, 15) is 14.0 Å². The molecule has 5 heteroatoms. The van der Waals surface area contributed by atoms with Crippen molar-refractivity contribution in [2.24, 2.45) is 0 Å². The number of aromatic nitrogens is 1. The number of hydrogen-bond acceptors (Lipinski definition) is 2. The van der Waals surface area contributed by atoms with E-state index in [-0.39, 0.29) is 17.5 Å². The molecule has 1 aromatic heterocycles. The summed E-state index contributed by atoms with van der Waals surface area (Å²) < 4.78 is 14.9. The Bertz CT molecular complexity index is 899. The lowest BCUT2D eigenvalue weighted by Gasteiger charge is -2.13. The third-order valence-electron chi connectivity index (χ3n) is 3.23. The standard InChI is InChI=1S/C15H10FNO3/c16-9-5-6-11-13(7-9)17(8-14(18)19)12-4-2-1-3-10(12)15(11)20/h1-7H,8H2,(H,18,19). The van der Waals surface area contributed by atoms with E-state index >= 15 is 0 Å². The SMILES string of the molecule is O=C(O)Cn1c2ccccc2c(=O)c2ccc(F)cc21. The molecule has 0 saturated heterocycles. The van der Waals surface area contributed by atoms with Gasteiger partial charge in [0.25, 0.3) is 0 Å². The minimum absolute atomic E-state index is 0.225. The summed E-state index contributed by atoms with van der Waals surface area (Å²) in [6.07, 6.45) is 0. The van der Waals surface area contributed by atoms with Gasteiger partial charge in [0, 0.05) is 10.8 Å². The minimum atomic E-state index is -1.05. The number of carbonyl (C=O) groups is 1. The molecule has 0 spiro atoms. The fourth-order valence-electron chi connectivity index (χ4n) is 2.40. The van der Waals surface area contributed by atoms with Crippen molar-refractivity contribution in [2.45, 2.75) is 6.54 Å². The van der Waals surface area contributed by atoms with Crippen LogP contribution in [0.15, 0.2) is 47.3 Å².